The van der Waals surface area contributed by atoms with Gasteiger partial charge in [-0.05, 0) is 29.0 Å². The minimum absolute atomic E-state index is 0.225. The predicted molar refractivity (Wildman–Crippen MR) is 66.7 cm³/mol. The first-order valence-corrected chi connectivity index (χ1v) is 5.85. The van der Waals surface area contributed by atoms with Gasteiger partial charge in [-0.25, -0.2) is 0 Å². The van der Waals surface area contributed by atoms with Crippen molar-refractivity contribution in [3.05, 3.63) is 48.0 Å². The minimum Gasteiger partial charge on any atom is -0.506 e. The number of hydrogen-bond donors (Lipinski definition) is 1. The van der Waals surface area contributed by atoms with Gasteiger partial charge in [0.15, 0.2) is 0 Å². The Labute approximate surface area is 96.8 Å². The molecular formula is C13H9NOS. The number of fused-ring (bicyclic) bond motifs is 1. The van der Waals surface area contributed by atoms with E-state index < -0.39 is 0 Å². The molecule has 2 nitrogen and oxygen atoms in total. The molecule has 0 aliphatic rings. The monoisotopic (exact) mass is 227 g/mol. The third-order valence-corrected chi connectivity index (χ3v) is 3.48. The van der Waals surface area contributed by atoms with Gasteiger partial charge in [0.1, 0.15) is 11.4 Å². The van der Waals surface area contributed by atoms with Gasteiger partial charge in [0.25, 0.3) is 0 Å². The van der Waals surface area contributed by atoms with Crippen LogP contribution in [0.5, 0.6) is 5.75 Å². The third-order valence-electron chi connectivity index (χ3n) is 2.52. The smallest absolute Gasteiger partial charge is 0.141 e. The van der Waals surface area contributed by atoms with Gasteiger partial charge in [0.05, 0.1) is 0 Å². The number of benzene rings is 1. The Morgan fingerprint density at radius 3 is 2.88 bits per heavy atom. The van der Waals surface area contributed by atoms with Crippen molar-refractivity contribution < 1.29 is 5.11 Å². The number of pyridine rings is 1. The largest absolute Gasteiger partial charge is 0.506 e. The Morgan fingerprint density at radius 2 is 2.00 bits per heavy atom. The molecule has 0 bridgehead atoms. The first-order valence-electron chi connectivity index (χ1n) is 4.97. The molecule has 0 aliphatic heterocycles. The summed E-state index contributed by atoms with van der Waals surface area (Å²) in [5.74, 6) is 0.225. The quantitative estimate of drug-likeness (QED) is 0.688. The second-order valence-corrected chi connectivity index (χ2v) is 4.43. The van der Waals surface area contributed by atoms with Gasteiger partial charge in [-0.2, -0.15) is 0 Å². The van der Waals surface area contributed by atoms with Crippen molar-refractivity contribution in [3.63, 3.8) is 0 Å². The molecular weight excluding hydrogens is 218 g/mol. The topological polar surface area (TPSA) is 33.1 Å². The summed E-state index contributed by atoms with van der Waals surface area (Å²) in [5.41, 5.74) is 1.64. The first-order chi connectivity index (χ1) is 7.86. The van der Waals surface area contributed by atoms with Crippen molar-refractivity contribution in [2.75, 3.05) is 0 Å². The van der Waals surface area contributed by atoms with Crippen LogP contribution in [0.2, 0.25) is 0 Å². The molecule has 3 rings (SSSR count). The molecule has 78 valence electrons. The van der Waals surface area contributed by atoms with Gasteiger partial charge in [-0.3, -0.25) is 4.98 Å². The van der Waals surface area contributed by atoms with Gasteiger partial charge in [0, 0.05) is 16.5 Å². The number of aromatic nitrogens is 1. The van der Waals surface area contributed by atoms with E-state index in [9.17, 15) is 5.11 Å². The number of thiophene rings is 1. The van der Waals surface area contributed by atoms with E-state index in [1.165, 1.54) is 5.39 Å². The van der Waals surface area contributed by atoms with Gasteiger partial charge in [-0.15, -0.1) is 11.3 Å². The van der Waals surface area contributed by atoms with E-state index in [1.807, 2.05) is 17.5 Å². The van der Waals surface area contributed by atoms with E-state index in [0.29, 0.717) is 5.69 Å². The van der Waals surface area contributed by atoms with Gasteiger partial charge < -0.3 is 5.11 Å². The molecule has 3 aromatic rings. The van der Waals surface area contributed by atoms with Crippen molar-refractivity contribution in [1.29, 1.82) is 0 Å². The molecule has 0 spiro atoms. The zero-order valence-electron chi connectivity index (χ0n) is 8.42. The first kappa shape index (κ1) is 9.36. The Bertz CT molecular complexity index is 645. The highest BCUT2D eigenvalue weighted by Gasteiger charge is 2.09. The van der Waals surface area contributed by atoms with Crippen molar-refractivity contribution in [1.82, 2.24) is 4.98 Å². The molecule has 0 saturated carbocycles. The lowest BCUT2D eigenvalue weighted by Gasteiger charge is -2.04. The van der Waals surface area contributed by atoms with E-state index in [-0.39, 0.29) is 5.75 Å². The fourth-order valence-corrected chi connectivity index (χ4v) is 2.70. The van der Waals surface area contributed by atoms with Crippen LogP contribution in [0.1, 0.15) is 0 Å². The standard InChI is InChI=1S/C13H9NOS/c15-11-5-2-7-14-12(11)10-4-1-3-9-6-8-16-13(9)10/h1-8,15H. The lowest BCUT2D eigenvalue weighted by molar-refractivity contribution is 0.475. The normalized spacial score (nSPS) is 10.8. The zero-order valence-corrected chi connectivity index (χ0v) is 9.24. The summed E-state index contributed by atoms with van der Waals surface area (Å²) >= 11 is 1.67. The molecule has 0 amide bonds. The van der Waals surface area contributed by atoms with Crippen LogP contribution < -0.4 is 0 Å². The Balaban J connectivity index is 2.34. The van der Waals surface area contributed by atoms with Gasteiger partial charge >= 0.3 is 0 Å². The average molecular weight is 227 g/mol. The fraction of sp³-hybridized carbons (Fsp3) is 0. The molecule has 2 aromatic heterocycles. The average Bonchev–Trinajstić information content (AvgIpc) is 2.77. The van der Waals surface area contributed by atoms with E-state index in [2.05, 4.69) is 17.1 Å². The van der Waals surface area contributed by atoms with Crippen LogP contribution >= 0.6 is 11.3 Å². The van der Waals surface area contributed by atoms with E-state index >= 15 is 0 Å². The van der Waals surface area contributed by atoms with Crippen molar-refractivity contribution in [3.8, 4) is 17.0 Å². The SMILES string of the molecule is Oc1cccnc1-c1cccc2ccsc12. The van der Waals surface area contributed by atoms with Crippen LogP contribution in [-0.2, 0) is 0 Å². The maximum Gasteiger partial charge on any atom is 0.141 e. The van der Waals surface area contributed by atoms with Crippen LogP contribution in [0, 0.1) is 0 Å². The number of nitrogens with zero attached hydrogens (tertiary/aromatic N) is 1. The summed E-state index contributed by atoms with van der Waals surface area (Å²) in [7, 11) is 0. The molecule has 0 atom stereocenters. The second-order valence-electron chi connectivity index (χ2n) is 3.52. The molecule has 0 fully saturated rings. The summed E-state index contributed by atoms with van der Waals surface area (Å²) in [5, 5.41) is 13.0. The van der Waals surface area contributed by atoms with E-state index in [0.717, 1.165) is 10.3 Å². The Morgan fingerprint density at radius 1 is 1.06 bits per heavy atom. The molecule has 0 unspecified atom stereocenters. The molecule has 16 heavy (non-hydrogen) atoms. The van der Waals surface area contributed by atoms with E-state index in [1.54, 1.807) is 29.7 Å². The molecule has 0 aliphatic carbocycles. The lowest BCUT2D eigenvalue weighted by Crippen LogP contribution is -1.83. The minimum atomic E-state index is 0.225. The lowest BCUT2D eigenvalue weighted by atomic mass is 10.1. The molecule has 0 saturated heterocycles. The van der Waals surface area contributed by atoms with Crippen LogP contribution in [0.25, 0.3) is 21.3 Å². The van der Waals surface area contributed by atoms with Crippen LogP contribution in [0.3, 0.4) is 0 Å². The van der Waals surface area contributed by atoms with Gasteiger partial charge in [0.2, 0.25) is 0 Å². The van der Waals surface area contributed by atoms with Crippen LogP contribution in [-0.4, -0.2) is 10.1 Å². The summed E-state index contributed by atoms with van der Waals surface area (Å²) in [6.07, 6.45) is 1.70. The number of aromatic hydroxyl groups is 1. The Hall–Kier alpha value is -1.87. The maximum atomic E-state index is 9.80. The molecule has 0 radical (unpaired) electrons. The predicted octanol–water partition coefficient (Wildman–Crippen LogP) is 3.67. The summed E-state index contributed by atoms with van der Waals surface area (Å²) in [4.78, 5) is 4.23. The highest BCUT2D eigenvalue weighted by atomic mass is 32.1. The van der Waals surface area contributed by atoms with Crippen molar-refractivity contribution >= 4 is 21.4 Å². The highest BCUT2D eigenvalue weighted by molar-refractivity contribution is 7.17. The fourth-order valence-electron chi connectivity index (χ4n) is 1.78. The molecule has 1 aromatic carbocycles. The third kappa shape index (κ3) is 1.37. The van der Waals surface area contributed by atoms with E-state index in [4.69, 9.17) is 0 Å². The molecule has 1 N–H and O–H groups in total. The summed E-state index contributed by atoms with van der Waals surface area (Å²) in [6, 6.07) is 11.5. The van der Waals surface area contributed by atoms with Crippen molar-refractivity contribution in [2.24, 2.45) is 0 Å². The molecule has 2 heterocycles. The maximum absolute atomic E-state index is 9.80. The van der Waals surface area contributed by atoms with Crippen molar-refractivity contribution in [2.45, 2.75) is 0 Å². The summed E-state index contributed by atoms with van der Waals surface area (Å²) < 4.78 is 1.16. The number of rotatable bonds is 1. The Kier molecular flexibility index (Phi) is 2.11. The summed E-state index contributed by atoms with van der Waals surface area (Å²) in [6.45, 7) is 0. The van der Waals surface area contributed by atoms with Gasteiger partial charge in [-0.1, -0.05) is 18.2 Å². The van der Waals surface area contributed by atoms with Crippen LogP contribution in [0.15, 0.2) is 48.0 Å². The number of hydrogen-bond acceptors (Lipinski definition) is 3. The highest BCUT2D eigenvalue weighted by Crippen LogP contribution is 2.35. The second kappa shape index (κ2) is 3.61. The molecule has 3 heteroatoms. The zero-order chi connectivity index (χ0) is 11.0. The van der Waals surface area contributed by atoms with Crippen LogP contribution in [0.4, 0.5) is 0 Å².